The average Bonchev–Trinajstić information content (AvgIpc) is 2.42. The van der Waals surface area contributed by atoms with Gasteiger partial charge < -0.3 is 9.47 Å². The van der Waals surface area contributed by atoms with Crippen LogP contribution < -0.4 is 0 Å². The molecule has 2 atom stereocenters. The van der Waals surface area contributed by atoms with Crippen LogP contribution >= 0.6 is 0 Å². The van der Waals surface area contributed by atoms with E-state index in [1.807, 2.05) is 0 Å². The van der Waals surface area contributed by atoms with Crippen LogP contribution in [0.2, 0.25) is 0 Å². The summed E-state index contributed by atoms with van der Waals surface area (Å²) in [5.74, 6) is 0. The lowest BCUT2D eigenvalue weighted by Gasteiger charge is -2.56. The summed E-state index contributed by atoms with van der Waals surface area (Å²) in [6.45, 7) is 4.45. The Morgan fingerprint density at radius 2 is 0.741 bits per heavy atom. The van der Waals surface area contributed by atoms with Gasteiger partial charge >= 0.3 is 24.7 Å². The molecule has 0 heterocycles. The molecule has 0 amide bonds. The molecule has 2 nitrogen and oxygen atoms in total. The largest absolute Gasteiger partial charge is 0.422 e. The third-order valence-electron chi connectivity index (χ3n) is 4.03. The minimum Gasteiger partial charge on any atom is -0.364 e. The Kier molecular flexibility index (Phi) is 6.50. The van der Waals surface area contributed by atoms with Gasteiger partial charge in [0.25, 0.3) is 0 Å². The Labute approximate surface area is 144 Å². The van der Waals surface area contributed by atoms with E-state index in [1.165, 1.54) is 0 Å². The standard InChI is InChI=1S/C13H12F12O2/c1-5-7(26-3,10(14,15)16)9(12(20,21)22,13(23,24)25)8(6-2,27-4)11(17,18)19/h5-6H,1-2H2,3-4H3. The van der Waals surface area contributed by atoms with E-state index in [1.54, 1.807) is 0 Å². The summed E-state index contributed by atoms with van der Waals surface area (Å²) in [4.78, 5) is 0. The van der Waals surface area contributed by atoms with Crippen LogP contribution in [0.5, 0.6) is 0 Å². The van der Waals surface area contributed by atoms with E-state index >= 15 is 0 Å². The molecule has 0 aromatic carbocycles. The molecular formula is C13H12F12O2. The zero-order valence-corrected chi connectivity index (χ0v) is 13.4. The van der Waals surface area contributed by atoms with Gasteiger partial charge in [-0.1, -0.05) is 13.2 Å². The molecule has 27 heavy (non-hydrogen) atoms. The van der Waals surface area contributed by atoms with Crippen molar-refractivity contribution in [2.24, 2.45) is 5.41 Å². The zero-order chi connectivity index (χ0) is 22.3. The third kappa shape index (κ3) is 3.00. The van der Waals surface area contributed by atoms with E-state index in [-0.39, 0.29) is 14.2 Å². The Morgan fingerprint density at radius 1 is 0.519 bits per heavy atom. The van der Waals surface area contributed by atoms with Crippen molar-refractivity contribution < 1.29 is 62.2 Å². The molecule has 0 radical (unpaired) electrons. The molecule has 0 rings (SSSR count). The molecule has 0 spiro atoms. The molecule has 2 unspecified atom stereocenters. The fourth-order valence-electron chi connectivity index (χ4n) is 2.95. The first-order valence-corrected chi connectivity index (χ1v) is 6.39. The summed E-state index contributed by atoms with van der Waals surface area (Å²) < 4.78 is 170. The first-order valence-electron chi connectivity index (χ1n) is 6.39. The van der Waals surface area contributed by atoms with Crippen LogP contribution in [-0.2, 0) is 9.47 Å². The maximum absolute atomic E-state index is 13.7. The number of rotatable bonds is 6. The van der Waals surface area contributed by atoms with Crippen LogP contribution in [0, 0.1) is 5.41 Å². The predicted octanol–water partition coefficient (Wildman–Crippen LogP) is 5.36. The highest BCUT2D eigenvalue weighted by Gasteiger charge is 2.96. The SMILES string of the molecule is C=CC(OC)(C(F)(F)F)C(C(F)(F)F)(C(F)(F)F)C(C=C)(OC)C(F)(F)F. The van der Waals surface area contributed by atoms with E-state index in [2.05, 4.69) is 22.6 Å². The molecule has 0 aromatic heterocycles. The number of methoxy groups -OCH3 is 2. The zero-order valence-electron chi connectivity index (χ0n) is 13.4. The molecule has 0 aromatic rings. The lowest BCUT2D eigenvalue weighted by Crippen LogP contribution is -2.81. The van der Waals surface area contributed by atoms with Crippen LogP contribution in [0.1, 0.15) is 0 Å². The second-order valence-corrected chi connectivity index (χ2v) is 5.03. The fourth-order valence-corrected chi connectivity index (χ4v) is 2.95. The number of halogens is 12. The minimum atomic E-state index is -7.27. The van der Waals surface area contributed by atoms with Crippen molar-refractivity contribution in [1.29, 1.82) is 0 Å². The van der Waals surface area contributed by atoms with Crippen LogP contribution in [0.15, 0.2) is 25.3 Å². The van der Waals surface area contributed by atoms with Gasteiger partial charge in [0.2, 0.25) is 16.6 Å². The molecular weight excluding hydrogens is 416 g/mol. The molecule has 0 aliphatic rings. The molecule has 160 valence electrons. The van der Waals surface area contributed by atoms with E-state index in [0.29, 0.717) is 0 Å². The van der Waals surface area contributed by atoms with E-state index < -0.39 is 53.5 Å². The first-order chi connectivity index (χ1) is 11.7. The molecule has 0 saturated carbocycles. The summed E-state index contributed by atoms with van der Waals surface area (Å²) in [5.41, 5.74) is -18.1. The normalized spacial score (nSPS) is 19.2. The van der Waals surface area contributed by atoms with Crippen molar-refractivity contribution in [3.63, 3.8) is 0 Å². The summed E-state index contributed by atoms with van der Waals surface area (Å²) in [7, 11) is -0.553. The number of hydrogen-bond acceptors (Lipinski definition) is 2. The molecule has 14 heteroatoms. The highest BCUT2D eigenvalue weighted by molar-refractivity contribution is 5.32. The van der Waals surface area contributed by atoms with Gasteiger partial charge in [-0.3, -0.25) is 0 Å². The maximum Gasteiger partial charge on any atom is 0.422 e. The van der Waals surface area contributed by atoms with Crippen LogP contribution in [0.25, 0.3) is 0 Å². The Balaban J connectivity index is 8.15. The monoisotopic (exact) mass is 428 g/mol. The van der Waals surface area contributed by atoms with Crippen molar-refractivity contribution >= 4 is 0 Å². The second kappa shape index (κ2) is 6.87. The molecule has 0 fully saturated rings. The Bertz CT molecular complexity index is 506. The fraction of sp³-hybridized carbons (Fsp3) is 0.692. The maximum atomic E-state index is 13.7. The molecule has 0 bridgehead atoms. The smallest absolute Gasteiger partial charge is 0.364 e. The van der Waals surface area contributed by atoms with Gasteiger partial charge in [-0.15, -0.1) is 0 Å². The van der Waals surface area contributed by atoms with Gasteiger partial charge in [-0.25, -0.2) is 0 Å². The van der Waals surface area contributed by atoms with Gasteiger partial charge in [0.1, 0.15) is 0 Å². The summed E-state index contributed by atoms with van der Waals surface area (Å²) in [6.07, 6.45) is -30.0. The highest BCUT2D eigenvalue weighted by atomic mass is 19.4. The van der Waals surface area contributed by atoms with E-state index in [0.717, 1.165) is 0 Å². The summed E-state index contributed by atoms with van der Waals surface area (Å²) in [5, 5.41) is 0. The van der Waals surface area contributed by atoms with Gasteiger partial charge in [0, 0.05) is 14.2 Å². The van der Waals surface area contributed by atoms with Crippen molar-refractivity contribution in [2.45, 2.75) is 35.9 Å². The van der Waals surface area contributed by atoms with Crippen molar-refractivity contribution in [3.05, 3.63) is 25.3 Å². The number of hydrogen-bond donors (Lipinski definition) is 0. The summed E-state index contributed by atoms with van der Waals surface area (Å²) >= 11 is 0. The van der Waals surface area contributed by atoms with E-state index in [9.17, 15) is 52.7 Å². The number of alkyl halides is 12. The van der Waals surface area contributed by atoms with Gasteiger partial charge in [-0.05, 0) is 12.2 Å². The van der Waals surface area contributed by atoms with Crippen molar-refractivity contribution in [1.82, 2.24) is 0 Å². The van der Waals surface area contributed by atoms with Crippen molar-refractivity contribution in [2.75, 3.05) is 14.2 Å². The summed E-state index contributed by atoms with van der Waals surface area (Å²) in [6, 6.07) is 0. The van der Waals surface area contributed by atoms with E-state index in [4.69, 9.17) is 0 Å². The lowest BCUT2D eigenvalue weighted by atomic mass is 9.58. The Morgan fingerprint density at radius 3 is 0.815 bits per heavy atom. The molecule has 0 N–H and O–H groups in total. The predicted molar refractivity (Wildman–Crippen MR) is 66.5 cm³/mol. The van der Waals surface area contributed by atoms with Crippen LogP contribution in [-0.4, -0.2) is 50.1 Å². The quantitative estimate of drug-likeness (QED) is 0.419. The van der Waals surface area contributed by atoms with Gasteiger partial charge in [0.05, 0.1) is 0 Å². The molecule has 0 aliphatic carbocycles. The first kappa shape index (κ1) is 25.6. The second-order valence-electron chi connectivity index (χ2n) is 5.03. The van der Waals surface area contributed by atoms with Crippen LogP contribution in [0.4, 0.5) is 52.7 Å². The lowest BCUT2D eigenvalue weighted by molar-refractivity contribution is -0.483. The highest BCUT2D eigenvalue weighted by Crippen LogP contribution is 2.70. The third-order valence-corrected chi connectivity index (χ3v) is 4.03. The minimum absolute atomic E-state index is 0.277. The average molecular weight is 428 g/mol. The molecule has 0 saturated heterocycles. The topological polar surface area (TPSA) is 18.5 Å². The number of ether oxygens (including phenoxy) is 2. The molecule has 0 aliphatic heterocycles. The van der Waals surface area contributed by atoms with Crippen LogP contribution in [0.3, 0.4) is 0 Å². The van der Waals surface area contributed by atoms with Gasteiger partial charge in [0.15, 0.2) is 0 Å². The Hall–Kier alpha value is -1.44. The van der Waals surface area contributed by atoms with Crippen molar-refractivity contribution in [3.8, 4) is 0 Å². The van der Waals surface area contributed by atoms with Gasteiger partial charge in [-0.2, -0.15) is 52.7 Å².